The monoisotopic (exact) mass is 498 g/mol. The number of aryl methyl sites for hydroxylation is 1. The molecule has 36 heavy (non-hydrogen) atoms. The van der Waals surface area contributed by atoms with Crippen LogP contribution in [0, 0.1) is 12.8 Å². The summed E-state index contributed by atoms with van der Waals surface area (Å²) in [4.78, 5) is 19.8. The summed E-state index contributed by atoms with van der Waals surface area (Å²) in [7, 11) is 0. The molecule has 8 heteroatoms. The van der Waals surface area contributed by atoms with Crippen molar-refractivity contribution in [2.75, 3.05) is 0 Å². The van der Waals surface area contributed by atoms with Gasteiger partial charge in [0.15, 0.2) is 5.82 Å². The molecule has 0 bridgehead atoms. The van der Waals surface area contributed by atoms with Crippen molar-refractivity contribution in [2.45, 2.75) is 46.4 Å². The predicted octanol–water partition coefficient (Wildman–Crippen LogP) is 5.33. The first kappa shape index (κ1) is 24.1. The van der Waals surface area contributed by atoms with Crippen LogP contribution in [0.1, 0.15) is 47.3 Å². The Balaban J connectivity index is 1.54. The number of nitrogens with one attached hydrogen (secondary N) is 1. The van der Waals surface area contributed by atoms with Gasteiger partial charge in [-0.05, 0) is 63.9 Å². The van der Waals surface area contributed by atoms with Crippen molar-refractivity contribution in [3.63, 3.8) is 0 Å². The van der Waals surface area contributed by atoms with Crippen LogP contribution < -0.4 is 5.56 Å². The zero-order valence-electron chi connectivity index (χ0n) is 20.8. The molecule has 3 heterocycles. The Morgan fingerprint density at radius 2 is 1.86 bits per heavy atom. The molecular weight excluding hydrogens is 468 g/mol. The SMILES string of the molecule is Cc1ccc2[nH]c(=O)c(CN(Cc3cccs3)[C@H](c3nnnn3Cc3ccccc3)C(C)C)cc2c1. The number of rotatable bonds is 9. The molecule has 1 N–H and O–H groups in total. The predicted molar refractivity (Wildman–Crippen MR) is 144 cm³/mol. The van der Waals surface area contributed by atoms with Gasteiger partial charge in [0.2, 0.25) is 0 Å². The molecule has 0 spiro atoms. The fraction of sp³-hybridized carbons (Fsp3) is 0.286. The maximum Gasteiger partial charge on any atom is 0.252 e. The Labute approximate surface area is 214 Å². The first-order valence-corrected chi connectivity index (χ1v) is 13.0. The first-order chi connectivity index (χ1) is 17.5. The number of pyridine rings is 1. The average molecular weight is 499 g/mol. The number of tetrazole rings is 1. The summed E-state index contributed by atoms with van der Waals surface area (Å²) in [6.07, 6.45) is 0. The van der Waals surface area contributed by atoms with Crippen LogP contribution in [0.4, 0.5) is 0 Å². The van der Waals surface area contributed by atoms with Gasteiger partial charge >= 0.3 is 0 Å². The molecule has 2 aromatic carbocycles. The lowest BCUT2D eigenvalue weighted by Crippen LogP contribution is -2.35. The van der Waals surface area contributed by atoms with Crippen LogP contribution in [0.3, 0.4) is 0 Å². The largest absolute Gasteiger partial charge is 0.322 e. The number of fused-ring (bicyclic) bond motifs is 1. The van der Waals surface area contributed by atoms with Crippen molar-refractivity contribution in [1.82, 2.24) is 30.1 Å². The lowest BCUT2D eigenvalue weighted by molar-refractivity contribution is 0.127. The number of aromatic nitrogens is 5. The van der Waals surface area contributed by atoms with Crippen LogP contribution in [0.2, 0.25) is 0 Å². The van der Waals surface area contributed by atoms with Crippen molar-refractivity contribution in [3.05, 3.63) is 110 Å². The van der Waals surface area contributed by atoms with Crippen LogP contribution in [0.25, 0.3) is 10.9 Å². The van der Waals surface area contributed by atoms with Crippen LogP contribution in [-0.4, -0.2) is 30.1 Å². The van der Waals surface area contributed by atoms with Gasteiger partial charge < -0.3 is 4.98 Å². The second-order valence-corrected chi connectivity index (χ2v) is 10.6. The summed E-state index contributed by atoms with van der Waals surface area (Å²) in [6, 6.07) is 22.4. The summed E-state index contributed by atoms with van der Waals surface area (Å²) in [6.45, 7) is 8.20. The number of H-pyrrole nitrogens is 1. The van der Waals surface area contributed by atoms with Gasteiger partial charge in [0, 0.05) is 29.0 Å². The molecule has 0 radical (unpaired) electrons. The minimum absolute atomic E-state index is 0.0612. The quantitative estimate of drug-likeness (QED) is 0.297. The molecule has 0 saturated carbocycles. The summed E-state index contributed by atoms with van der Waals surface area (Å²) in [5.74, 6) is 1.02. The zero-order chi connectivity index (χ0) is 25.1. The van der Waals surface area contributed by atoms with E-state index in [1.165, 1.54) is 4.88 Å². The van der Waals surface area contributed by atoms with Crippen molar-refractivity contribution >= 4 is 22.2 Å². The topological polar surface area (TPSA) is 79.7 Å². The maximum absolute atomic E-state index is 13.1. The molecule has 0 aliphatic heterocycles. The van der Waals surface area contributed by atoms with Crippen molar-refractivity contribution in [2.24, 2.45) is 5.92 Å². The normalized spacial score (nSPS) is 12.6. The lowest BCUT2D eigenvalue weighted by atomic mass is 10.00. The Bertz CT molecular complexity index is 1490. The van der Waals surface area contributed by atoms with Crippen molar-refractivity contribution in [3.8, 4) is 0 Å². The smallest absolute Gasteiger partial charge is 0.252 e. The fourth-order valence-electron chi connectivity index (χ4n) is 4.74. The standard InChI is InChI=1S/C28H30N6OS/c1-19(2)26(27-30-31-32-34(27)16-21-8-5-4-6-9-21)33(18-24-10-7-13-36-24)17-23-15-22-14-20(3)11-12-25(22)29-28(23)35/h4-15,19,26H,16-18H2,1-3H3,(H,29,35)/t26-/m0/s1. The highest BCUT2D eigenvalue weighted by atomic mass is 32.1. The second kappa shape index (κ2) is 10.6. The highest BCUT2D eigenvalue weighted by molar-refractivity contribution is 7.09. The van der Waals surface area contributed by atoms with Crippen LogP contribution in [0.15, 0.2) is 76.9 Å². The summed E-state index contributed by atoms with van der Waals surface area (Å²) >= 11 is 1.72. The fourth-order valence-corrected chi connectivity index (χ4v) is 5.47. The van der Waals surface area contributed by atoms with Gasteiger partial charge in [0.1, 0.15) is 0 Å². The molecule has 0 fully saturated rings. The van der Waals surface area contributed by atoms with E-state index in [1.807, 2.05) is 41.1 Å². The Morgan fingerprint density at radius 1 is 1.03 bits per heavy atom. The molecule has 0 aliphatic rings. The first-order valence-electron chi connectivity index (χ1n) is 12.2. The van der Waals surface area contributed by atoms with Crippen LogP contribution >= 0.6 is 11.3 Å². The number of hydrogen-bond acceptors (Lipinski definition) is 6. The van der Waals surface area contributed by atoms with E-state index in [0.29, 0.717) is 19.6 Å². The van der Waals surface area contributed by atoms with E-state index in [4.69, 9.17) is 0 Å². The molecule has 184 valence electrons. The maximum atomic E-state index is 13.1. The molecule has 0 amide bonds. The van der Waals surface area contributed by atoms with Gasteiger partial charge in [-0.1, -0.05) is 61.9 Å². The average Bonchev–Trinajstić information content (AvgIpc) is 3.53. The summed E-state index contributed by atoms with van der Waals surface area (Å²) in [5, 5.41) is 16.0. The Morgan fingerprint density at radius 3 is 2.61 bits per heavy atom. The third kappa shape index (κ3) is 5.29. The van der Waals surface area contributed by atoms with Gasteiger partial charge in [0.25, 0.3) is 5.56 Å². The number of aromatic amines is 1. The summed E-state index contributed by atoms with van der Waals surface area (Å²) in [5.41, 5.74) is 3.83. The molecule has 1 atom stereocenters. The third-order valence-electron chi connectivity index (χ3n) is 6.41. The molecule has 0 saturated heterocycles. The zero-order valence-corrected chi connectivity index (χ0v) is 21.6. The van der Waals surface area contributed by atoms with E-state index in [0.717, 1.165) is 33.4 Å². The molecule has 5 aromatic rings. The summed E-state index contributed by atoms with van der Waals surface area (Å²) < 4.78 is 1.88. The van der Waals surface area contributed by atoms with E-state index >= 15 is 0 Å². The van der Waals surface area contributed by atoms with Gasteiger partial charge in [-0.3, -0.25) is 9.69 Å². The second-order valence-electron chi connectivity index (χ2n) is 9.57. The Hall–Kier alpha value is -3.62. The molecule has 0 unspecified atom stereocenters. The molecule has 7 nitrogen and oxygen atoms in total. The van der Waals surface area contributed by atoms with E-state index in [1.54, 1.807) is 11.3 Å². The highest BCUT2D eigenvalue weighted by Gasteiger charge is 2.30. The van der Waals surface area contributed by atoms with Gasteiger partial charge in [0.05, 0.1) is 12.6 Å². The number of hydrogen-bond donors (Lipinski definition) is 1. The van der Waals surface area contributed by atoms with E-state index in [-0.39, 0.29) is 17.5 Å². The third-order valence-corrected chi connectivity index (χ3v) is 7.27. The van der Waals surface area contributed by atoms with E-state index in [9.17, 15) is 4.79 Å². The van der Waals surface area contributed by atoms with Gasteiger partial charge in [-0.25, -0.2) is 4.68 Å². The van der Waals surface area contributed by atoms with Crippen LogP contribution in [-0.2, 0) is 19.6 Å². The van der Waals surface area contributed by atoms with Crippen molar-refractivity contribution < 1.29 is 0 Å². The molecule has 0 aliphatic carbocycles. The van der Waals surface area contributed by atoms with Crippen LogP contribution in [0.5, 0.6) is 0 Å². The number of benzene rings is 2. The molecule has 3 aromatic heterocycles. The van der Waals surface area contributed by atoms with E-state index in [2.05, 4.69) is 81.9 Å². The number of nitrogens with zero attached hydrogens (tertiary/aromatic N) is 5. The van der Waals surface area contributed by atoms with Crippen molar-refractivity contribution in [1.29, 1.82) is 0 Å². The van der Waals surface area contributed by atoms with E-state index < -0.39 is 0 Å². The minimum Gasteiger partial charge on any atom is -0.322 e. The van der Waals surface area contributed by atoms with Gasteiger partial charge in [-0.2, -0.15) is 0 Å². The lowest BCUT2D eigenvalue weighted by Gasteiger charge is -2.33. The Kier molecular flexibility index (Phi) is 7.06. The van der Waals surface area contributed by atoms with Gasteiger partial charge in [-0.15, -0.1) is 16.4 Å². The number of thiophene rings is 1. The molecular formula is C28H30N6OS. The minimum atomic E-state index is -0.0848. The molecule has 5 rings (SSSR count). The highest BCUT2D eigenvalue weighted by Crippen LogP contribution is 2.31.